The van der Waals surface area contributed by atoms with E-state index in [1.807, 2.05) is 48.5 Å². The number of carbonyl (C=O) groups is 4. The number of carboxylic acid groups (broad SMARTS) is 1. The van der Waals surface area contributed by atoms with Crippen molar-refractivity contribution in [3.63, 3.8) is 0 Å². The molecule has 0 aromatic heterocycles. The van der Waals surface area contributed by atoms with Gasteiger partial charge in [0.15, 0.2) is 11.5 Å². The zero-order valence-corrected chi connectivity index (χ0v) is 25.5. The van der Waals surface area contributed by atoms with Gasteiger partial charge in [0.05, 0.1) is 18.4 Å². The Bertz CT molecular complexity index is 1030. The molecule has 0 saturated heterocycles. The molecule has 0 heterocycles. The summed E-state index contributed by atoms with van der Waals surface area (Å²) in [5.41, 5.74) is 6.21. The second-order valence-corrected chi connectivity index (χ2v) is 12.3. The number of rotatable bonds is 13. The lowest BCUT2D eigenvalue weighted by atomic mass is 9.87. The summed E-state index contributed by atoms with van der Waals surface area (Å²) in [6, 6.07) is 3.09. The average molecular weight is 566 g/mol. The first-order valence-electron chi connectivity index (χ1n) is 13.7. The Hall–Kier alpha value is -3.14. The van der Waals surface area contributed by atoms with Gasteiger partial charge in [-0.25, -0.2) is 4.79 Å². The van der Waals surface area contributed by atoms with E-state index in [4.69, 9.17) is 24.7 Å². The summed E-state index contributed by atoms with van der Waals surface area (Å²) < 4.78 is 21.7. The van der Waals surface area contributed by atoms with Gasteiger partial charge in [-0.3, -0.25) is 14.4 Å². The highest BCUT2D eigenvalue weighted by Gasteiger charge is 2.31. The van der Waals surface area contributed by atoms with E-state index in [0.29, 0.717) is 5.56 Å². The molecule has 0 fully saturated rings. The van der Waals surface area contributed by atoms with E-state index in [0.717, 1.165) is 0 Å². The third-order valence-electron chi connectivity index (χ3n) is 6.79. The lowest BCUT2D eigenvalue weighted by Gasteiger charge is -2.26. The number of hydrogen-bond donors (Lipinski definition) is 2. The standard InChI is InChI=1S/C30H47NO9/c1-16(2)19(6)27(34)39-23-12-11-21(14-24(23)40-28(35)20(7)17(3)4)22(25(31)26(32)33)13-18(5)38-29(36)37-15-30(8,9)10/h11-12,14,16-20,22,25H,13,15,31H2,1-10H3,(H,32,33)/t18?,19?,20?,22?,25-/m0/s1. The first-order valence-corrected chi connectivity index (χ1v) is 13.7. The van der Waals surface area contributed by atoms with Gasteiger partial charge in [-0.05, 0) is 48.3 Å². The van der Waals surface area contributed by atoms with E-state index in [9.17, 15) is 24.3 Å². The van der Waals surface area contributed by atoms with Crippen molar-refractivity contribution in [2.75, 3.05) is 6.61 Å². The molecule has 10 nitrogen and oxygen atoms in total. The average Bonchev–Trinajstić information content (AvgIpc) is 2.84. The highest BCUT2D eigenvalue weighted by molar-refractivity contribution is 5.79. The Kier molecular flexibility index (Phi) is 13.1. The van der Waals surface area contributed by atoms with Crippen LogP contribution in [0, 0.1) is 29.1 Å². The van der Waals surface area contributed by atoms with Crippen LogP contribution in [0.1, 0.15) is 87.1 Å². The molecular formula is C30H47NO9. The predicted octanol–water partition coefficient (Wildman–Crippen LogP) is 5.56. The first kappa shape index (κ1) is 34.9. The molecule has 1 aromatic rings. The fourth-order valence-electron chi connectivity index (χ4n) is 3.41. The molecule has 0 spiro atoms. The number of aliphatic carboxylic acids is 1. The van der Waals surface area contributed by atoms with E-state index >= 15 is 0 Å². The summed E-state index contributed by atoms with van der Waals surface area (Å²) in [6.07, 6.45) is -1.58. The predicted molar refractivity (Wildman–Crippen MR) is 150 cm³/mol. The third-order valence-corrected chi connectivity index (χ3v) is 6.79. The Labute approximate surface area is 237 Å². The van der Waals surface area contributed by atoms with Crippen molar-refractivity contribution < 1.29 is 43.2 Å². The number of carbonyl (C=O) groups excluding carboxylic acids is 3. The van der Waals surface area contributed by atoms with Crippen LogP contribution in [0.3, 0.4) is 0 Å². The van der Waals surface area contributed by atoms with Crippen LogP contribution in [-0.2, 0) is 23.9 Å². The lowest BCUT2D eigenvalue weighted by Crippen LogP contribution is -2.38. The van der Waals surface area contributed by atoms with Crippen LogP contribution in [0.2, 0.25) is 0 Å². The maximum absolute atomic E-state index is 12.8. The second kappa shape index (κ2) is 15.0. The zero-order chi connectivity index (χ0) is 30.9. The van der Waals surface area contributed by atoms with Crippen molar-refractivity contribution in [1.29, 1.82) is 0 Å². The summed E-state index contributed by atoms with van der Waals surface area (Å²) >= 11 is 0. The van der Waals surface area contributed by atoms with Gasteiger partial charge in [0.25, 0.3) is 0 Å². The van der Waals surface area contributed by atoms with E-state index in [1.54, 1.807) is 26.8 Å². The molecule has 0 aliphatic heterocycles. The normalized spacial score (nSPS) is 15.5. The van der Waals surface area contributed by atoms with E-state index in [1.165, 1.54) is 12.1 Å². The number of hydrogen-bond acceptors (Lipinski definition) is 9. The fourth-order valence-corrected chi connectivity index (χ4v) is 3.41. The minimum atomic E-state index is -1.37. The lowest BCUT2D eigenvalue weighted by molar-refractivity contribution is -0.142. The van der Waals surface area contributed by atoms with Crippen LogP contribution in [0.25, 0.3) is 0 Å². The Morgan fingerprint density at radius 3 is 1.80 bits per heavy atom. The molecule has 3 N–H and O–H groups in total. The second-order valence-electron chi connectivity index (χ2n) is 12.3. The molecule has 0 radical (unpaired) electrons. The summed E-state index contributed by atoms with van der Waals surface area (Å²) in [5.74, 6) is -3.98. The van der Waals surface area contributed by atoms with Crippen molar-refractivity contribution >= 4 is 24.1 Å². The van der Waals surface area contributed by atoms with Gasteiger partial charge < -0.3 is 29.8 Å². The molecular weight excluding hydrogens is 518 g/mol. The van der Waals surface area contributed by atoms with Crippen LogP contribution in [-0.4, -0.2) is 47.9 Å². The molecule has 0 aliphatic rings. The maximum atomic E-state index is 12.8. The van der Waals surface area contributed by atoms with Gasteiger partial charge in [-0.15, -0.1) is 0 Å². The van der Waals surface area contributed by atoms with Crippen LogP contribution in [0.5, 0.6) is 11.5 Å². The van der Waals surface area contributed by atoms with Crippen molar-refractivity contribution in [2.45, 2.75) is 93.7 Å². The Balaban J connectivity index is 3.38. The highest BCUT2D eigenvalue weighted by Crippen LogP contribution is 2.36. The minimum absolute atomic E-state index is 0.00753. The summed E-state index contributed by atoms with van der Waals surface area (Å²) in [5, 5.41) is 9.71. The summed E-state index contributed by atoms with van der Waals surface area (Å²) in [6.45, 7) is 18.5. The smallest absolute Gasteiger partial charge is 0.480 e. The van der Waals surface area contributed by atoms with Gasteiger partial charge in [-0.2, -0.15) is 0 Å². The molecule has 40 heavy (non-hydrogen) atoms. The van der Waals surface area contributed by atoms with E-state index in [2.05, 4.69) is 0 Å². The quantitative estimate of drug-likeness (QED) is 0.230. The van der Waals surface area contributed by atoms with Gasteiger partial charge in [0, 0.05) is 5.92 Å². The molecule has 4 unspecified atom stereocenters. The van der Waals surface area contributed by atoms with Gasteiger partial charge in [-0.1, -0.05) is 68.4 Å². The van der Waals surface area contributed by atoms with Crippen molar-refractivity contribution in [3.8, 4) is 11.5 Å². The number of benzene rings is 1. The first-order chi connectivity index (χ1) is 18.3. The SMILES string of the molecule is CC(CC(c1ccc(OC(=O)C(C)C(C)C)c(OC(=O)C(C)C(C)C)c1)[C@H](N)C(=O)O)OC(=O)OCC(C)(C)C. The van der Waals surface area contributed by atoms with Crippen LogP contribution in [0.4, 0.5) is 4.79 Å². The monoisotopic (exact) mass is 565 g/mol. The largest absolute Gasteiger partial charge is 0.508 e. The van der Waals surface area contributed by atoms with Gasteiger partial charge in [0.2, 0.25) is 0 Å². The fraction of sp³-hybridized carbons (Fsp3) is 0.667. The number of ether oxygens (including phenoxy) is 4. The maximum Gasteiger partial charge on any atom is 0.508 e. The minimum Gasteiger partial charge on any atom is -0.480 e. The molecule has 5 atom stereocenters. The van der Waals surface area contributed by atoms with Crippen LogP contribution in [0.15, 0.2) is 18.2 Å². The summed E-state index contributed by atoms with van der Waals surface area (Å²) in [4.78, 5) is 49.6. The third kappa shape index (κ3) is 11.2. The number of esters is 2. The topological polar surface area (TPSA) is 151 Å². The van der Waals surface area contributed by atoms with E-state index in [-0.39, 0.29) is 41.8 Å². The van der Waals surface area contributed by atoms with Crippen LogP contribution >= 0.6 is 0 Å². The highest BCUT2D eigenvalue weighted by atomic mass is 16.7. The van der Waals surface area contributed by atoms with E-state index < -0.39 is 54.0 Å². The molecule has 226 valence electrons. The van der Waals surface area contributed by atoms with Crippen molar-refractivity contribution in [3.05, 3.63) is 23.8 Å². The molecule has 0 saturated carbocycles. The Morgan fingerprint density at radius 2 is 1.35 bits per heavy atom. The number of nitrogens with two attached hydrogens (primary N) is 1. The molecule has 0 bridgehead atoms. The summed E-state index contributed by atoms with van der Waals surface area (Å²) in [7, 11) is 0. The molecule has 0 amide bonds. The molecule has 1 aromatic carbocycles. The molecule has 1 rings (SSSR count). The van der Waals surface area contributed by atoms with Gasteiger partial charge in [0.1, 0.15) is 12.1 Å². The molecule has 10 heteroatoms. The van der Waals surface area contributed by atoms with Gasteiger partial charge >= 0.3 is 24.1 Å². The van der Waals surface area contributed by atoms with Crippen molar-refractivity contribution in [1.82, 2.24) is 0 Å². The molecule has 0 aliphatic carbocycles. The number of carboxylic acids is 1. The Morgan fingerprint density at radius 1 is 0.850 bits per heavy atom. The van der Waals surface area contributed by atoms with Crippen LogP contribution < -0.4 is 15.2 Å². The van der Waals surface area contributed by atoms with Crippen molar-refractivity contribution in [2.24, 2.45) is 34.8 Å². The zero-order valence-electron chi connectivity index (χ0n) is 25.5.